The zero-order chi connectivity index (χ0) is 21.7. The first kappa shape index (κ1) is 23.4. The molecule has 0 aromatic carbocycles. The van der Waals surface area contributed by atoms with Crippen molar-refractivity contribution >= 4 is 16.0 Å². The van der Waals surface area contributed by atoms with Crippen LogP contribution in [0.4, 0.5) is 13.2 Å². The molecule has 0 bridgehead atoms. The minimum Gasteiger partial charge on any atom is -0.356 e. The van der Waals surface area contributed by atoms with Crippen LogP contribution in [0.2, 0.25) is 0 Å². The fourth-order valence-electron chi connectivity index (χ4n) is 2.85. The molecule has 0 amide bonds. The molecule has 1 fully saturated rings. The van der Waals surface area contributed by atoms with Crippen LogP contribution in [0, 0.1) is 5.92 Å². The van der Waals surface area contributed by atoms with E-state index in [9.17, 15) is 21.6 Å². The molecule has 166 valence electrons. The van der Waals surface area contributed by atoms with Gasteiger partial charge in [0.2, 0.25) is 5.89 Å². The molecule has 1 aromatic rings. The number of rotatable bonds is 7. The van der Waals surface area contributed by atoms with Crippen molar-refractivity contribution in [1.29, 1.82) is 0 Å². The second-order valence-corrected chi connectivity index (χ2v) is 9.05. The molecule has 2 rings (SSSR count). The van der Waals surface area contributed by atoms with Gasteiger partial charge in [-0.1, -0.05) is 19.0 Å². The molecule has 0 atom stereocenters. The Hall–Kier alpha value is -1.89. The molecule has 2 heterocycles. The predicted molar refractivity (Wildman–Crippen MR) is 101 cm³/mol. The summed E-state index contributed by atoms with van der Waals surface area (Å²) in [6, 6.07) is 0. The van der Waals surface area contributed by atoms with Crippen LogP contribution >= 0.6 is 0 Å². The number of hydrogen-bond donors (Lipinski definition) is 2. The van der Waals surface area contributed by atoms with Gasteiger partial charge < -0.3 is 15.2 Å². The minimum atomic E-state index is -5.25. The van der Waals surface area contributed by atoms with Crippen LogP contribution in [0.1, 0.15) is 44.3 Å². The molecule has 0 unspecified atom stereocenters. The molecule has 0 saturated carbocycles. The topological polar surface area (TPSA) is 113 Å². The highest BCUT2D eigenvalue weighted by Crippen LogP contribution is 2.30. The maximum Gasteiger partial charge on any atom is 0.511 e. The molecule has 13 heteroatoms. The summed E-state index contributed by atoms with van der Waals surface area (Å²) < 4.78 is 66.4. The first-order valence-corrected chi connectivity index (χ1v) is 10.8. The van der Waals surface area contributed by atoms with E-state index < -0.39 is 15.5 Å². The van der Waals surface area contributed by atoms with Crippen molar-refractivity contribution in [2.24, 2.45) is 10.9 Å². The van der Waals surface area contributed by atoms with Crippen LogP contribution in [0.5, 0.6) is 0 Å². The van der Waals surface area contributed by atoms with E-state index in [2.05, 4.69) is 25.8 Å². The van der Waals surface area contributed by atoms with E-state index in [4.69, 9.17) is 4.52 Å². The van der Waals surface area contributed by atoms with Gasteiger partial charge in [0, 0.05) is 45.6 Å². The number of alkyl halides is 3. The number of aromatic nitrogens is 2. The molecule has 1 aliphatic rings. The van der Waals surface area contributed by atoms with Gasteiger partial charge in [0.25, 0.3) is 0 Å². The van der Waals surface area contributed by atoms with Crippen molar-refractivity contribution in [2.75, 3.05) is 33.2 Å². The molecule has 1 aromatic heterocycles. The van der Waals surface area contributed by atoms with Crippen molar-refractivity contribution in [2.45, 2.75) is 44.5 Å². The standard InChI is InChI=1S/C16H27F3N6O3S/c1-11(2)14-23-13(28-24-14)4-7-21-15(20-3)22-10-12-5-8-25(9-6-12)29(26,27)16(17,18)19/h11-12H,4-10H2,1-3H3,(H2,20,21,22). The van der Waals surface area contributed by atoms with Gasteiger partial charge in [0.1, 0.15) is 0 Å². The maximum atomic E-state index is 12.6. The van der Waals surface area contributed by atoms with Crippen molar-refractivity contribution in [1.82, 2.24) is 25.1 Å². The quantitative estimate of drug-likeness (QED) is 0.488. The number of nitrogens with one attached hydrogen (secondary N) is 2. The minimum absolute atomic E-state index is 0.0535. The number of sulfonamides is 1. The number of guanidine groups is 1. The zero-order valence-corrected chi connectivity index (χ0v) is 17.5. The lowest BCUT2D eigenvalue weighted by atomic mass is 9.98. The summed E-state index contributed by atoms with van der Waals surface area (Å²) in [4.78, 5) is 8.38. The Labute approximate surface area is 168 Å². The number of piperidine rings is 1. The summed E-state index contributed by atoms with van der Waals surface area (Å²) in [5.74, 6) is 1.96. The number of halogens is 3. The lowest BCUT2D eigenvalue weighted by Gasteiger charge is -2.31. The number of hydrogen-bond acceptors (Lipinski definition) is 6. The smallest absolute Gasteiger partial charge is 0.356 e. The summed E-state index contributed by atoms with van der Waals surface area (Å²) in [5, 5.41) is 10.1. The van der Waals surface area contributed by atoms with Gasteiger partial charge in [-0.25, -0.2) is 8.42 Å². The lowest BCUT2D eigenvalue weighted by Crippen LogP contribution is -2.47. The van der Waals surface area contributed by atoms with Crippen LogP contribution in [-0.4, -0.2) is 67.6 Å². The van der Waals surface area contributed by atoms with Crippen molar-refractivity contribution in [3.63, 3.8) is 0 Å². The van der Waals surface area contributed by atoms with Crippen LogP contribution in [-0.2, 0) is 16.4 Å². The molecular formula is C16H27F3N6O3S. The molecule has 0 aliphatic carbocycles. The third-order valence-corrected chi connectivity index (χ3v) is 6.25. The molecule has 1 aliphatic heterocycles. The fraction of sp³-hybridized carbons (Fsp3) is 0.812. The van der Waals surface area contributed by atoms with Gasteiger partial charge in [-0.05, 0) is 18.8 Å². The first-order valence-electron chi connectivity index (χ1n) is 9.38. The molecular weight excluding hydrogens is 413 g/mol. The van der Waals surface area contributed by atoms with E-state index in [1.165, 1.54) is 0 Å². The normalized spacial score (nSPS) is 17.7. The highest BCUT2D eigenvalue weighted by atomic mass is 32.2. The van der Waals surface area contributed by atoms with Crippen LogP contribution < -0.4 is 10.6 Å². The second kappa shape index (κ2) is 9.74. The van der Waals surface area contributed by atoms with Crippen LogP contribution in [0.25, 0.3) is 0 Å². The van der Waals surface area contributed by atoms with Crippen molar-refractivity contribution in [3.05, 3.63) is 11.7 Å². The van der Waals surface area contributed by atoms with Gasteiger partial charge in [0.05, 0.1) is 0 Å². The molecule has 1 saturated heterocycles. The van der Waals surface area contributed by atoms with E-state index in [0.29, 0.717) is 54.3 Å². The zero-order valence-electron chi connectivity index (χ0n) is 16.7. The highest BCUT2D eigenvalue weighted by Gasteiger charge is 2.50. The van der Waals surface area contributed by atoms with Gasteiger partial charge in [-0.2, -0.15) is 22.5 Å². The Morgan fingerprint density at radius 2 is 1.97 bits per heavy atom. The Balaban J connectivity index is 1.72. The third kappa shape index (κ3) is 6.29. The van der Waals surface area contributed by atoms with Crippen LogP contribution in [0.3, 0.4) is 0 Å². The largest absolute Gasteiger partial charge is 0.511 e. The average Bonchev–Trinajstić information content (AvgIpc) is 3.13. The predicted octanol–water partition coefficient (Wildman–Crippen LogP) is 1.46. The van der Waals surface area contributed by atoms with E-state index in [1.807, 2.05) is 13.8 Å². The average molecular weight is 440 g/mol. The van der Waals surface area contributed by atoms with Gasteiger partial charge in [-0.3, -0.25) is 4.99 Å². The SMILES string of the molecule is CN=C(NCCc1nc(C(C)C)no1)NCC1CCN(S(=O)(=O)C(F)(F)F)CC1. The molecule has 29 heavy (non-hydrogen) atoms. The third-order valence-electron chi connectivity index (χ3n) is 4.62. The summed E-state index contributed by atoms with van der Waals surface area (Å²) in [6.45, 7) is 4.66. The van der Waals surface area contributed by atoms with Crippen molar-refractivity contribution < 1.29 is 26.1 Å². The highest BCUT2D eigenvalue weighted by molar-refractivity contribution is 7.90. The van der Waals surface area contributed by atoms with E-state index in [0.717, 1.165) is 0 Å². The van der Waals surface area contributed by atoms with Gasteiger partial charge in [-0.15, -0.1) is 0 Å². The van der Waals surface area contributed by atoms with E-state index >= 15 is 0 Å². The summed E-state index contributed by atoms with van der Waals surface area (Å²) in [6.07, 6.45) is 1.21. The monoisotopic (exact) mass is 440 g/mol. The van der Waals surface area contributed by atoms with Gasteiger partial charge in [0.15, 0.2) is 11.8 Å². The fourth-order valence-corrected chi connectivity index (χ4v) is 3.84. The lowest BCUT2D eigenvalue weighted by molar-refractivity contribution is -0.0496. The van der Waals surface area contributed by atoms with Gasteiger partial charge >= 0.3 is 15.5 Å². The van der Waals surface area contributed by atoms with E-state index in [-0.39, 0.29) is 24.9 Å². The summed E-state index contributed by atoms with van der Waals surface area (Å²) in [5.41, 5.74) is -5.25. The first-order chi connectivity index (χ1) is 13.5. The second-order valence-electron chi connectivity index (χ2n) is 7.12. The molecule has 0 radical (unpaired) electrons. The Bertz CT molecular complexity index is 786. The van der Waals surface area contributed by atoms with Crippen molar-refractivity contribution in [3.8, 4) is 0 Å². The number of aliphatic imine (C=N–C) groups is 1. The Morgan fingerprint density at radius 3 is 2.48 bits per heavy atom. The van der Waals surface area contributed by atoms with Crippen LogP contribution in [0.15, 0.2) is 9.52 Å². The number of nitrogens with zero attached hydrogens (tertiary/aromatic N) is 4. The summed E-state index contributed by atoms with van der Waals surface area (Å²) in [7, 11) is -3.64. The Morgan fingerprint density at radius 1 is 1.31 bits per heavy atom. The molecule has 0 spiro atoms. The summed E-state index contributed by atoms with van der Waals surface area (Å²) >= 11 is 0. The molecule has 2 N–H and O–H groups in total. The Kier molecular flexibility index (Phi) is 7.86. The molecule has 9 nitrogen and oxygen atoms in total. The van der Waals surface area contributed by atoms with E-state index in [1.54, 1.807) is 7.05 Å². The maximum absolute atomic E-state index is 12.6.